The molecule has 1 aliphatic rings. The summed E-state index contributed by atoms with van der Waals surface area (Å²) in [5.41, 5.74) is 9.35. The van der Waals surface area contributed by atoms with Crippen molar-refractivity contribution in [2.45, 2.75) is 65.1 Å². The second kappa shape index (κ2) is 10.1. The predicted octanol–water partition coefficient (Wildman–Crippen LogP) is 2.69. The molecule has 4 heterocycles. The summed E-state index contributed by atoms with van der Waals surface area (Å²) in [5.74, 6) is -0.610. The molecule has 3 aromatic heterocycles. The van der Waals surface area contributed by atoms with Gasteiger partial charge in [0.25, 0.3) is 11.8 Å². The second-order valence-electron chi connectivity index (χ2n) is 9.57. The fraction of sp³-hybridized carbons (Fsp3) is 0.520. The van der Waals surface area contributed by atoms with Gasteiger partial charge in [-0.05, 0) is 45.1 Å². The molecule has 0 radical (unpaired) electrons. The number of amides is 2. The zero-order chi connectivity index (χ0) is 25.3. The number of aliphatic hydroxyl groups excluding tert-OH is 1. The molecule has 4 N–H and O–H groups in total. The minimum atomic E-state index is -0.961. The number of aliphatic hydroxyl groups is 1. The quantitative estimate of drug-likeness (QED) is 0.453. The van der Waals surface area contributed by atoms with Crippen LogP contribution >= 0.6 is 0 Å². The number of rotatable bonds is 8. The molecule has 0 spiro atoms. The molecule has 10 heteroatoms. The van der Waals surface area contributed by atoms with Gasteiger partial charge in [-0.25, -0.2) is 4.52 Å². The topological polar surface area (TPSA) is 131 Å². The van der Waals surface area contributed by atoms with E-state index >= 15 is 0 Å². The Kier molecular flexibility index (Phi) is 7.11. The van der Waals surface area contributed by atoms with E-state index in [0.717, 1.165) is 23.1 Å². The lowest BCUT2D eigenvalue weighted by Crippen LogP contribution is -2.51. The van der Waals surface area contributed by atoms with E-state index in [1.807, 2.05) is 29.3 Å². The third-order valence-electron chi connectivity index (χ3n) is 6.94. The van der Waals surface area contributed by atoms with Crippen LogP contribution in [0.2, 0.25) is 0 Å². The van der Waals surface area contributed by atoms with Crippen LogP contribution in [0.25, 0.3) is 16.6 Å². The van der Waals surface area contributed by atoms with Crippen molar-refractivity contribution >= 4 is 23.0 Å². The van der Waals surface area contributed by atoms with Crippen LogP contribution in [0.5, 0.6) is 0 Å². The smallest absolute Gasteiger partial charge is 0.252 e. The van der Waals surface area contributed by atoms with Gasteiger partial charge in [-0.3, -0.25) is 14.3 Å². The van der Waals surface area contributed by atoms with Gasteiger partial charge in [0, 0.05) is 48.7 Å². The molecule has 3 atom stereocenters. The molecule has 1 fully saturated rings. The maximum absolute atomic E-state index is 12.5. The fourth-order valence-electron chi connectivity index (χ4n) is 4.73. The average Bonchev–Trinajstić information content (AvgIpc) is 3.51. The van der Waals surface area contributed by atoms with Crippen molar-refractivity contribution in [3.05, 3.63) is 36.4 Å². The van der Waals surface area contributed by atoms with Gasteiger partial charge in [-0.2, -0.15) is 10.2 Å². The Morgan fingerprint density at radius 1 is 1.20 bits per heavy atom. The highest BCUT2D eigenvalue weighted by molar-refractivity contribution is 6.02. The first kappa shape index (κ1) is 24.7. The summed E-state index contributed by atoms with van der Waals surface area (Å²) in [6.45, 7) is 9.12. The number of carbonyl (C=O) groups excluding carboxylic acids is 2. The lowest BCUT2D eigenvalue weighted by atomic mass is 9.89. The first-order valence-corrected chi connectivity index (χ1v) is 12.3. The number of piperidine rings is 1. The number of nitrogens with one attached hydrogen (secondary N) is 1. The van der Waals surface area contributed by atoms with Gasteiger partial charge in [-0.15, -0.1) is 0 Å². The number of likely N-dealkylation sites (tertiary alicyclic amines) is 1. The fourth-order valence-corrected chi connectivity index (χ4v) is 4.73. The van der Waals surface area contributed by atoms with Crippen molar-refractivity contribution < 1.29 is 14.7 Å². The van der Waals surface area contributed by atoms with Crippen LogP contribution in [-0.4, -0.2) is 66.5 Å². The van der Waals surface area contributed by atoms with E-state index in [2.05, 4.69) is 36.3 Å². The summed E-state index contributed by atoms with van der Waals surface area (Å²) in [6.07, 6.45) is 8.20. The maximum atomic E-state index is 12.5. The normalized spacial score (nSPS) is 19.3. The monoisotopic (exact) mass is 481 g/mol. The highest BCUT2D eigenvalue weighted by Gasteiger charge is 2.33. The molecule has 0 bridgehead atoms. The van der Waals surface area contributed by atoms with E-state index in [4.69, 9.17) is 5.73 Å². The van der Waals surface area contributed by atoms with Crippen LogP contribution in [0.15, 0.2) is 30.9 Å². The molecule has 188 valence electrons. The molecule has 4 rings (SSSR count). The Labute approximate surface area is 205 Å². The van der Waals surface area contributed by atoms with E-state index in [-0.39, 0.29) is 23.9 Å². The van der Waals surface area contributed by atoms with Crippen molar-refractivity contribution in [3.63, 3.8) is 0 Å². The van der Waals surface area contributed by atoms with E-state index in [1.54, 1.807) is 16.3 Å². The van der Waals surface area contributed by atoms with Crippen molar-refractivity contribution in [1.82, 2.24) is 24.3 Å². The summed E-state index contributed by atoms with van der Waals surface area (Å²) < 4.78 is 3.64. The molecule has 35 heavy (non-hydrogen) atoms. The third-order valence-corrected chi connectivity index (χ3v) is 6.94. The number of anilines is 1. The minimum Gasteiger partial charge on any atom is -0.383 e. The molecule has 0 saturated carbocycles. The minimum absolute atomic E-state index is 0.0363. The van der Waals surface area contributed by atoms with Crippen LogP contribution < -0.4 is 11.1 Å². The standard InChI is InChI=1S/C25H35N7O3/c1-5-16-12-30(25(35)22(33)6-2)8-7-20(16)29-23-19(24(26)34)11-28-32-13-17(9-21(23)32)18-10-27-31(14-18)15(3)4/h9-11,13-16,20,22,29,33H,5-8,12H2,1-4H3,(H2,26,34)/t16-,20+,22-/m0/s1. The summed E-state index contributed by atoms with van der Waals surface area (Å²) in [6, 6.07) is 2.27. The Bertz CT molecular complexity index is 1220. The Morgan fingerprint density at radius 2 is 1.97 bits per heavy atom. The highest BCUT2D eigenvalue weighted by Crippen LogP contribution is 2.32. The molecule has 0 unspecified atom stereocenters. The molecular weight excluding hydrogens is 446 g/mol. The van der Waals surface area contributed by atoms with Crippen molar-refractivity contribution in [2.24, 2.45) is 11.7 Å². The van der Waals surface area contributed by atoms with E-state index in [9.17, 15) is 14.7 Å². The van der Waals surface area contributed by atoms with Gasteiger partial charge in [-0.1, -0.05) is 13.8 Å². The lowest BCUT2D eigenvalue weighted by molar-refractivity contribution is -0.142. The highest BCUT2D eigenvalue weighted by atomic mass is 16.3. The molecule has 0 aromatic carbocycles. The molecule has 2 amide bonds. The van der Waals surface area contributed by atoms with Gasteiger partial charge in [0.2, 0.25) is 0 Å². The molecule has 0 aliphatic carbocycles. The van der Waals surface area contributed by atoms with Crippen LogP contribution in [-0.2, 0) is 4.79 Å². The molecule has 1 saturated heterocycles. The number of primary amides is 1. The number of carbonyl (C=O) groups is 2. The SMILES string of the molecule is CC[C@H]1CN(C(=O)[C@@H](O)CC)CC[C@H]1Nc1c(C(N)=O)cnn2cc(-c3cnn(C(C)C)c3)cc12. The lowest BCUT2D eigenvalue weighted by Gasteiger charge is -2.40. The molecule has 1 aliphatic heterocycles. The average molecular weight is 482 g/mol. The zero-order valence-corrected chi connectivity index (χ0v) is 20.8. The Balaban J connectivity index is 1.65. The Morgan fingerprint density at radius 3 is 2.60 bits per heavy atom. The number of hydrogen-bond acceptors (Lipinski definition) is 6. The van der Waals surface area contributed by atoms with E-state index in [0.29, 0.717) is 37.2 Å². The van der Waals surface area contributed by atoms with Gasteiger partial charge in [0.05, 0.1) is 29.2 Å². The van der Waals surface area contributed by atoms with Gasteiger partial charge in [0.15, 0.2) is 0 Å². The van der Waals surface area contributed by atoms with Crippen LogP contribution in [0, 0.1) is 5.92 Å². The predicted molar refractivity (Wildman–Crippen MR) is 134 cm³/mol. The molecule has 10 nitrogen and oxygen atoms in total. The van der Waals surface area contributed by atoms with Crippen LogP contribution in [0.3, 0.4) is 0 Å². The number of fused-ring (bicyclic) bond motifs is 1. The molecule has 3 aromatic rings. The summed E-state index contributed by atoms with van der Waals surface area (Å²) in [7, 11) is 0. The van der Waals surface area contributed by atoms with Crippen molar-refractivity contribution in [1.29, 1.82) is 0 Å². The van der Waals surface area contributed by atoms with Crippen LogP contribution in [0.4, 0.5) is 5.69 Å². The number of aromatic nitrogens is 4. The summed E-state index contributed by atoms with van der Waals surface area (Å²) >= 11 is 0. The largest absolute Gasteiger partial charge is 0.383 e. The van der Waals surface area contributed by atoms with E-state index in [1.165, 1.54) is 6.20 Å². The summed E-state index contributed by atoms with van der Waals surface area (Å²) in [4.78, 5) is 26.6. The van der Waals surface area contributed by atoms with E-state index < -0.39 is 12.0 Å². The number of nitrogens with zero attached hydrogens (tertiary/aromatic N) is 5. The summed E-state index contributed by atoms with van der Waals surface area (Å²) in [5, 5.41) is 22.4. The second-order valence-corrected chi connectivity index (χ2v) is 9.57. The van der Waals surface area contributed by atoms with Gasteiger partial charge >= 0.3 is 0 Å². The van der Waals surface area contributed by atoms with Crippen molar-refractivity contribution in [3.8, 4) is 11.1 Å². The van der Waals surface area contributed by atoms with Gasteiger partial charge < -0.3 is 21.1 Å². The van der Waals surface area contributed by atoms with Gasteiger partial charge in [0.1, 0.15) is 6.10 Å². The number of hydrogen-bond donors (Lipinski definition) is 3. The first-order valence-electron chi connectivity index (χ1n) is 12.3. The van der Waals surface area contributed by atoms with Crippen molar-refractivity contribution in [2.75, 3.05) is 18.4 Å². The molecular formula is C25H35N7O3. The maximum Gasteiger partial charge on any atom is 0.252 e. The zero-order valence-electron chi connectivity index (χ0n) is 20.8. The number of nitrogens with two attached hydrogens (primary N) is 1. The Hall–Kier alpha value is -3.40. The third kappa shape index (κ3) is 4.88. The van der Waals surface area contributed by atoms with Crippen LogP contribution in [0.1, 0.15) is 63.4 Å². The first-order chi connectivity index (χ1) is 16.7.